The van der Waals surface area contributed by atoms with Crippen LogP contribution < -0.4 is 15.5 Å². The topological polar surface area (TPSA) is 116 Å². The maximum atomic E-state index is 12.3. The van der Waals surface area contributed by atoms with Crippen LogP contribution in [0.15, 0.2) is 61.2 Å². The smallest absolute Gasteiger partial charge is 0.251 e. The minimum absolute atomic E-state index is 0.115. The van der Waals surface area contributed by atoms with Crippen LogP contribution in [-0.4, -0.2) is 63.7 Å². The fourth-order valence-corrected chi connectivity index (χ4v) is 4.93. The van der Waals surface area contributed by atoms with Gasteiger partial charge in [-0.25, -0.2) is 15.0 Å². The Morgan fingerprint density at radius 2 is 2.00 bits per heavy atom. The molecule has 1 aromatic carbocycles. The molecular weight excluding hydrogens is 478 g/mol. The van der Waals surface area contributed by atoms with Crippen molar-refractivity contribution >= 4 is 28.4 Å². The zero-order valence-electron chi connectivity index (χ0n) is 21.9. The number of anilines is 2. The first-order valence-electron chi connectivity index (χ1n) is 13.0. The van der Waals surface area contributed by atoms with Crippen LogP contribution in [0.1, 0.15) is 42.1 Å². The second-order valence-corrected chi connectivity index (χ2v) is 9.91. The number of β-amino-alcohol motifs (C(OH)–C–C–N with tert-alkyl or cyclic N) is 1. The second-order valence-electron chi connectivity index (χ2n) is 9.91. The molecule has 3 N–H and O–H groups in total. The third-order valence-corrected chi connectivity index (χ3v) is 7.42. The number of carbonyl (C=O) groups is 1. The van der Waals surface area contributed by atoms with Crippen molar-refractivity contribution in [3.05, 3.63) is 72.3 Å². The predicted octanol–water partition coefficient (Wildman–Crippen LogP) is 3.87. The number of carbonyl (C=O) groups excluding carboxylic acids is 1. The van der Waals surface area contributed by atoms with E-state index in [1.165, 1.54) is 0 Å². The summed E-state index contributed by atoms with van der Waals surface area (Å²) in [5, 5.41) is 16.8. The predicted molar refractivity (Wildman–Crippen MR) is 149 cm³/mol. The summed E-state index contributed by atoms with van der Waals surface area (Å²) in [5.41, 5.74) is 4.31. The van der Waals surface area contributed by atoms with Crippen molar-refractivity contribution in [3.8, 4) is 11.3 Å². The molecule has 1 unspecified atom stereocenters. The normalized spacial score (nSPS) is 16.8. The van der Waals surface area contributed by atoms with Crippen LogP contribution in [-0.2, 0) is 0 Å². The van der Waals surface area contributed by atoms with Gasteiger partial charge in [0.05, 0.1) is 22.9 Å². The Kier molecular flexibility index (Phi) is 7.46. The number of para-hydroxylation sites is 1. The van der Waals surface area contributed by atoms with Crippen molar-refractivity contribution in [3.63, 3.8) is 0 Å². The van der Waals surface area contributed by atoms with Crippen LogP contribution in [0.25, 0.3) is 22.2 Å². The fourth-order valence-electron chi connectivity index (χ4n) is 4.93. The van der Waals surface area contributed by atoms with Crippen LogP contribution in [0.2, 0.25) is 0 Å². The van der Waals surface area contributed by atoms with Crippen molar-refractivity contribution in [2.24, 2.45) is 5.92 Å². The number of aliphatic hydroxyl groups is 1. The van der Waals surface area contributed by atoms with Gasteiger partial charge in [-0.05, 0) is 42.0 Å². The van der Waals surface area contributed by atoms with Crippen molar-refractivity contribution in [2.75, 3.05) is 36.9 Å². The molecule has 0 saturated carbocycles. The lowest BCUT2D eigenvalue weighted by molar-refractivity contribution is 0.0964. The Morgan fingerprint density at radius 1 is 1.13 bits per heavy atom. The third-order valence-electron chi connectivity index (χ3n) is 7.42. The summed E-state index contributed by atoms with van der Waals surface area (Å²) in [6.45, 7) is 6.52. The first kappa shape index (κ1) is 25.5. The molecule has 38 heavy (non-hydrogen) atoms. The zero-order valence-corrected chi connectivity index (χ0v) is 21.9. The van der Waals surface area contributed by atoms with E-state index in [-0.39, 0.29) is 23.8 Å². The molecule has 0 spiro atoms. The summed E-state index contributed by atoms with van der Waals surface area (Å²) < 4.78 is 0. The van der Waals surface area contributed by atoms with Crippen LogP contribution in [0, 0.1) is 5.92 Å². The molecule has 3 atom stereocenters. The molecule has 5 rings (SSSR count). The largest absolute Gasteiger partial charge is 0.391 e. The monoisotopic (exact) mass is 511 g/mol. The molecule has 1 fully saturated rings. The van der Waals surface area contributed by atoms with E-state index in [0.29, 0.717) is 18.7 Å². The molecule has 9 heteroatoms. The van der Waals surface area contributed by atoms with Crippen molar-refractivity contribution in [1.82, 2.24) is 25.3 Å². The number of fused-ring (bicyclic) bond motifs is 1. The Balaban J connectivity index is 1.27. The van der Waals surface area contributed by atoms with Crippen LogP contribution >= 0.6 is 0 Å². The Labute approximate surface area is 222 Å². The number of amides is 1. The number of rotatable bonds is 8. The first-order chi connectivity index (χ1) is 18.4. The van der Waals surface area contributed by atoms with E-state index >= 15 is 0 Å². The Bertz CT molecular complexity index is 1430. The van der Waals surface area contributed by atoms with Gasteiger partial charge >= 0.3 is 0 Å². The van der Waals surface area contributed by atoms with Gasteiger partial charge in [0.2, 0.25) is 0 Å². The number of aromatic nitrogens is 4. The highest BCUT2D eigenvalue weighted by Crippen LogP contribution is 2.31. The van der Waals surface area contributed by atoms with Gasteiger partial charge in [-0.15, -0.1) is 0 Å². The van der Waals surface area contributed by atoms with Crippen molar-refractivity contribution < 1.29 is 9.90 Å². The lowest BCUT2D eigenvalue weighted by atomic mass is 9.87. The Morgan fingerprint density at radius 3 is 2.74 bits per heavy atom. The average molecular weight is 512 g/mol. The minimum atomic E-state index is -0.283. The molecule has 1 amide bonds. The number of hydrogen-bond acceptors (Lipinski definition) is 8. The zero-order chi connectivity index (χ0) is 26.6. The summed E-state index contributed by atoms with van der Waals surface area (Å²) in [7, 11) is 1.64. The highest BCUT2D eigenvalue weighted by Gasteiger charge is 2.22. The van der Waals surface area contributed by atoms with Gasteiger partial charge in [-0.2, -0.15) is 0 Å². The molecule has 9 nitrogen and oxygen atoms in total. The van der Waals surface area contributed by atoms with Crippen molar-refractivity contribution in [2.45, 2.75) is 32.3 Å². The third kappa shape index (κ3) is 5.28. The highest BCUT2D eigenvalue weighted by atomic mass is 16.3. The van der Waals surface area contributed by atoms with Crippen molar-refractivity contribution in [1.29, 1.82) is 0 Å². The maximum Gasteiger partial charge on any atom is 0.251 e. The molecule has 4 heterocycles. The van der Waals surface area contributed by atoms with Gasteiger partial charge in [0, 0.05) is 56.1 Å². The van der Waals surface area contributed by atoms with E-state index in [2.05, 4.69) is 55.4 Å². The van der Waals surface area contributed by atoms with Crippen LogP contribution in [0.4, 0.5) is 11.6 Å². The molecular formula is C29H33N7O2. The summed E-state index contributed by atoms with van der Waals surface area (Å²) in [5.74, 6) is 1.96. The van der Waals surface area contributed by atoms with Crippen LogP contribution in [0.5, 0.6) is 0 Å². The molecule has 1 aliphatic heterocycles. The van der Waals surface area contributed by atoms with E-state index in [1.807, 2.05) is 36.5 Å². The molecule has 0 radical (unpaired) electrons. The molecule has 0 aliphatic carbocycles. The summed E-state index contributed by atoms with van der Waals surface area (Å²) in [6.07, 6.45) is 5.57. The minimum Gasteiger partial charge on any atom is -0.391 e. The molecule has 3 aromatic heterocycles. The molecule has 0 bridgehead atoms. The maximum absolute atomic E-state index is 12.3. The quantitative estimate of drug-likeness (QED) is 0.327. The van der Waals surface area contributed by atoms with Gasteiger partial charge in [-0.1, -0.05) is 32.0 Å². The number of hydrogen-bond donors (Lipinski definition) is 3. The number of pyridine rings is 2. The van der Waals surface area contributed by atoms with Gasteiger partial charge in [0.15, 0.2) is 0 Å². The van der Waals surface area contributed by atoms with Gasteiger partial charge in [-0.3, -0.25) is 9.78 Å². The first-order valence-corrected chi connectivity index (χ1v) is 13.0. The Hall–Kier alpha value is -4.11. The lowest BCUT2D eigenvalue weighted by Gasteiger charge is -2.22. The molecule has 1 saturated heterocycles. The molecule has 1 aliphatic rings. The SMILES string of the molecule is CNC(=O)c1ccnc2c(C(C)[C@H](C)CNc3cc(-c4ccc(N5CC[C@H](O)C5)nc4)ncn3)cccc12. The van der Waals surface area contributed by atoms with E-state index in [0.717, 1.165) is 52.3 Å². The summed E-state index contributed by atoms with van der Waals surface area (Å²) in [6, 6.07) is 13.7. The number of benzene rings is 1. The standard InChI is InChI=1S/C29H33N7O2/c1-18(19(2)22-5-4-6-23-24(29(38)30-3)9-11-31-28(22)23)14-32-26-13-25(34-17-35-26)20-7-8-27(33-15-20)36-12-10-21(37)16-36/h4-9,11,13,15,17-19,21,37H,10,12,14,16H2,1-3H3,(H,30,38)(H,32,34,35)/t18-,19?,21+/m1/s1. The fraction of sp³-hybridized carbons (Fsp3) is 0.345. The van der Waals surface area contributed by atoms with E-state index in [9.17, 15) is 9.90 Å². The van der Waals surface area contributed by atoms with Gasteiger partial charge in [0.1, 0.15) is 18.0 Å². The van der Waals surface area contributed by atoms with Crippen LogP contribution in [0.3, 0.4) is 0 Å². The number of nitrogens with zero attached hydrogens (tertiary/aromatic N) is 5. The average Bonchev–Trinajstić information content (AvgIpc) is 3.40. The number of nitrogens with one attached hydrogen (secondary N) is 2. The van der Waals surface area contributed by atoms with Gasteiger partial charge < -0.3 is 20.6 Å². The molecule has 4 aromatic rings. The number of aliphatic hydroxyl groups excluding tert-OH is 1. The van der Waals surface area contributed by atoms with E-state index < -0.39 is 0 Å². The van der Waals surface area contributed by atoms with E-state index in [4.69, 9.17) is 0 Å². The van der Waals surface area contributed by atoms with Gasteiger partial charge in [0.25, 0.3) is 5.91 Å². The second kappa shape index (κ2) is 11.1. The molecule has 196 valence electrons. The lowest BCUT2D eigenvalue weighted by Crippen LogP contribution is -2.21. The summed E-state index contributed by atoms with van der Waals surface area (Å²) >= 11 is 0. The highest BCUT2D eigenvalue weighted by molar-refractivity contribution is 6.06. The summed E-state index contributed by atoms with van der Waals surface area (Å²) in [4.78, 5) is 32.5. The van der Waals surface area contributed by atoms with E-state index in [1.54, 1.807) is 25.6 Å².